The number of hydrogen-bond donors (Lipinski definition) is 0. The van der Waals surface area contributed by atoms with Crippen molar-refractivity contribution in [2.24, 2.45) is 5.92 Å². The number of nitrogens with zero attached hydrogens (tertiary/aromatic N) is 3. The van der Waals surface area contributed by atoms with Crippen LogP contribution in [0.5, 0.6) is 0 Å². The molecule has 2 atom stereocenters. The highest BCUT2D eigenvalue weighted by molar-refractivity contribution is 6.18. The van der Waals surface area contributed by atoms with E-state index >= 15 is 0 Å². The van der Waals surface area contributed by atoms with Crippen LogP contribution >= 0.6 is 11.6 Å². The maximum absolute atomic E-state index is 12.0. The third kappa shape index (κ3) is 2.53. The van der Waals surface area contributed by atoms with Gasteiger partial charge in [0.25, 0.3) is 0 Å². The molecule has 0 radical (unpaired) electrons. The van der Waals surface area contributed by atoms with Crippen molar-refractivity contribution in [1.82, 2.24) is 9.78 Å². The third-order valence-corrected chi connectivity index (χ3v) is 3.91. The topological polar surface area (TPSA) is 38.1 Å². The molecule has 0 N–H and O–H groups in total. The number of carbonyl (C=O) groups is 1. The molecule has 1 fully saturated rings. The first-order valence-corrected chi connectivity index (χ1v) is 7.10. The van der Waals surface area contributed by atoms with E-state index in [0.717, 1.165) is 18.7 Å². The summed E-state index contributed by atoms with van der Waals surface area (Å²) in [6, 6.07) is 2.24. The van der Waals surface area contributed by atoms with Crippen molar-refractivity contribution in [3.05, 3.63) is 12.3 Å². The molecule has 0 aliphatic carbocycles. The lowest BCUT2D eigenvalue weighted by molar-refractivity contribution is -0.117. The average molecular weight is 270 g/mol. The number of aromatic nitrogens is 2. The van der Waals surface area contributed by atoms with Gasteiger partial charge in [0.1, 0.15) is 5.82 Å². The van der Waals surface area contributed by atoms with Gasteiger partial charge in [-0.15, -0.1) is 11.6 Å². The van der Waals surface area contributed by atoms with Crippen LogP contribution in [0.3, 0.4) is 0 Å². The second-order valence-electron chi connectivity index (χ2n) is 5.00. The van der Waals surface area contributed by atoms with Gasteiger partial charge in [-0.3, -0.25) is 9.69 Å². The maximum atomic E-state index is 12.0. The van der Waals surface area contributed by atoms with Crippen molar-refractivity contribution < 1.29 is 4.79 Å². The minimum Gasteiger partial charge on any atom is -0.297 e. The summed E-state index contributed by atoms with van der Waals surface area (Å²) in [5, 5.41) is 4.35. The van der Waals surface area contributed by atoms with E-state index in [4.69, 9.17) is 11.6 Å². The highest BCUT2D eigenvalue weighted by atomic mass is 35.5. The fraction of sp³-hybridized carbons (Fsp3) is 0.692. The zero-order valence-electron chi connectivity index (χ0n) is 11.0. The summed E-state index contributed by atoms with van der Waals surface area (Å²) in [5.41, 5.74) is 0. The molecule has 1 aliphatic rings. The van der Waals surface area contributed by atoms with Crippen LogP contribution < -0.4 is 4.90 Å². The number of amides is 1. The van der Waals surface area contributed by atoms with Crippen molar-refractivity contribution in [1.29, 1.82) is 0 Å². The van der Waals surface area contributed by atoms with Gasteiger partial charge in [-0.25, -0.2) is 4.68 Å². The maximum Gasteiger partial charge on any atom is 0.228 e. The van der Waals surface area contributed by atoms with E-state index in [-0.39, 0.29) is 11.8 Å². The smallest absolute Gasteiger partial charge is 0.228 e. The molecule has 1 saturated heterocycles. The normalized spacial score (nSPS) is 21.6. The lowest BCUT2D eigenvalue weighted by atomic mass is 10.1. The number of anilines is 1. The standard InChI is InChI=1S/C13H20ClN3O/c1-3-4-10(2)17-12(5-6-15-17)16-9-11(8-14)7-13(16)18/h5-6,10-11H,3-4,7-9H2,1-2H3. The minimum atomic E-state index is 0.158. The van der Waals surface area contributed by atoms with Crippen molar-refractivity contribution >= 4 is 23.3 Å². The number of hydrogen-bond acceptors (Lipinski definition) is 2. The minimum absolute atomic E-state index is 0.158. The quantitative estimate of drug-likeness (QED) is 0.771. The number of carbonyl (C=O) groups excluding carboxylic acids is 1. The highest BCUT2D eigenvalue weighted by Gasteiger charge is 2.32. The first kappa shape index (κ1) is 13.4. The molecule has 100 valence electrons. The Bertz CT molecular complexity index is 418. The molecule has 2 unspecified atom stereocenters. The molecule has 0 aromatic carbocycles. The zero-order chi connectivity index (χ0) is 13.1. The van der Waals surface area contributed by atoms with Crippen LogP contribution in [0, 0.1) is 5.92 Å². The van der Waals surface area contributed by atoms with Crippen LogP contribution in [0.4, 0.5) is 5.82 Å². The fourth-order valence-electron chi connectivity index (χ4n) is 2.51. The van der Waals surface area contributed by atoms with E-state index < -0.39 is 0 Å². The van der Waals surface area contributed by atoms with Gasteiger partial charge in [0.05, 0.1) is 12.2 Å². The Labute approximate surface area is 113 Å². The van der Waals surface area contributed by atoms with E-state index in [0.29, 0.717) is 24.9 Å². The number of halogens is 1. The summed E-state index contributed by atoms with van der Waals surface area (Å²) in [7, 11) is 0. The van der Waals surface area contributed by atoms with Gasteiger partial charge in [0.2, 0.25) is 5.91 Å². The van der Waals surface area contributed by atoms with Crippen molar-refractivity contribution in [2.45, 2.75) is 39.2 Å². The van der Waals surface area contributed by atoms with Crippen molar-refractivity contribution in [3.8, 4) is 0 Å². The predicted octanol–water partition coefficient (Wildman–Crippen LogP) is 2.84. The van der Waals surface area contributed by atoms with Crippen LogP contribution in [-0.2, 0) is 4.79 Å². The lowest BCUT2D eigenvalue weighted by Gasteiger charge is -2.21. The van der Waals surface area contributed by atoms with E-state index in [2.05, 4.69) is 18.9 Å². The Morgan fingerprint density at radius 3 is 3.00 bits per heavy atom. The number of alkyl halides is 1. The Kier molecular flexibility index (Phi) is 4.27. The Balaban J connectivity index is 2.19. The molecule has 1 aliphatic heterocycles. The van der Waals surface area contributed by atoms with E-state index in [9.17, 15) is 4.79 Å². The van der Waals surface area contributed by atoms with Gasteiger partial charge in [0.15, 0.2) is 0 Å². The monoisotopic (exact) mass is 269 g/mol. The van der Waals surface area contributed by atoms with Gasteiger partial charge < -0.3 is 0 Å². The van der Waals surface area contributed by atoms with Crippen LogP contribution in [-0.4, -0.2) is 28.1 Å². The first-order valence-electron chi connectivity index (χ1n) is 6.57. The molecular formula is C13H20ClN3O. The van der Waals surface area contributed by atoms with Gasteiger partial charge in [-0.1, -0.05) is 13.3 Å². The summed E-state index contributed by atoms with van der Waals surface area (Å²) in [5.74, 6) is 1.88. The SMILES string of the molecule is CCCC(C)n1nccc1N1CC(CCl)CC1=O. The third-order valence-electron chi connectivity index (χ3n) is 3.47. The summed E-state index contributed by atoms with van der Waals surface area (Å²) < 4.78 is 1.96. The second-order valence-corrected chi connectivity index (χ2v) is 5.31. The molecule has 2 rings (SSSR count). The molecule has 1 aromatic rings. The average Bonchev–Trinajstić information content (AvgIpc) is 2.94. The van der Waals surface area contributed by atoms with E-state index in [1.807, 2.05) is 15.6 Å². The molecule has 0 spiro atoms. The Morgan fingerprint density at radius 2 is 2.39 bits per heavy atom. The largest absolute Gasteiger partial charge is 0.297 e. The Morgan fingerprint density at radius 1 is 1.61 bits per heavy atom. The molecule has 1 aromatic heterocycles. The molecule has 4 nitrogen and oxygen atoms in total. The molecule has 1 amide bonds. The van der Waals surface area contributed by atoms with Crippen LogP contribution in [0.1, 0.15) is 39.2 Å². The molecule has 0 bridgehead atoms. The van der Waals surface area contributed by atoms with E-state index in [1.165, 1.54) is 0 Å². The van der Waals surface area contributed by atoms with Gasteiger partial charge in [0, 0.05) is 24.9 Å². The molecule has 2 heterocycles. The first-order chi connectivity index (χ1) is 8.67. The highest BCUT2D eigenvalue weighted by Crippen LogP contribution is 2.28. The Hall–Kier alpha value is -1.03. The predicted molar refractivity (Wildman–Crippen MR) is 73.0 cm³/mol. The molecule has 0 saturated carbocycles. The zero-order valence-corrected chi connectivity index (χ0v) is 11.7. The van der Waals surface area contributed by atoms with Crippen LogP contribution in [0.2, 0.25) is 0 Å². The summed E-state index contributed by atoms with van der Waals surface area (Å²) >= 11 is 5.85. The van der Waals surface area contributed by atoms with Crippen molar-refractivity contribution in [2.75, 3.05) is 17.3 Å². The molecule has 18 heavy (non-hydrogen) atoms. The van der Waals surface area contributed by atoms with E-state index in [1.54, 1.807) is 6.20 Å². The second kappa shape index (κ2) is 5.74. The fourth-order valence-corrected chi connectivity index (χ4v) is 2.71. The van der Waals surface area contributed by atoms with Gasteiger partial charge in [-0.2, -0.15) is 5.10 Å². The number of rotatable bonds is 5. The molecular weight excluding hydrogens is 250 g/mol. The van der Waals surface area contributed by atoms with Crippen molar-refractivity contribution in [3.63, 3.8) is 0 Å². The van der Waals surface area contributed by atoms with Gasteiger partial charge in [-0.05, 0) is 19.3 Å². The summed E-state index contributed by atoms with van der Waals surface area (Å²) in [6.45, 7) is 5.01. The summed E-state index contributed by atoms with van der Waals surface area (Å²) in [6.07, 6.45) is 4.49. The molecule has 5 heteroatoms. The summed E-state index contributed by atoms with van der Waals surface area (Å²) in [4.78, 5) is 13.8. The lowest BCUT2D eigenvalue weighted by Crippen LogP contribution is -2.28. The van der Waals surface area contributed by atoms with Crippen LogP contribution in [0.25, 0.3) is 0 Å². The van der Waals surface area contributed by atoms with Crippen LogP contribution in [0.15, 0.2) is 12.3 Å². The van der Waals surface area contributed by atoms with Gasteiger partial charge >= 0.3 is 0 Å².